The third kappa shape index (κ3) is 21.2. The van der Waals surface area contributed by atoms with E-state index in [9.17, 15) is 94.8 Å². The maximum Gasteiger partial charge on any atom is 0.417 e. The third-order valence-corrected chi connectivity index (χ3v) is 26.1. The van der Waals surface area contributed by atoms with Crippen LogP contribution in [-0.4, -0.2) is 157 Å². The second kappa shape index (κ2) is 40.8. The minimum Gasteiger partial charge on any atom is -0.439 e. The molecule has 6 aliphatic rings. The molecular formula is C111H88F5N17O14. The number of nitrogens with one attached hydrogen (secondary N) is 1. The molecule has 1 spiro atoms. The van der Waals surface area contributed by atoms with Crippen molar-refractivity contribution in [3.8, 4) is 67.8 Å². The van der Waals surface area contributed by atoms with E-state index in [1.165, 1.54) is 80.3 Å². The molecule has 5 aliphatic heterocycles. The summed E-state index contributed by atoms with van der Waals surface area (Å²) in [6, 6.07) is 67.9. The van der Waals surface area contributed by atoms with Crippen LogP contribution in [0.2, 0.25) is 0 Å². The number of pyridine rings is 5. The standard InChI is InChI=1S/C25H22FN3O3.C23H20FN3O3.C22H19FN4O3.C21H15FN4O2.C20H12FN3O3/c26-17-6-4-16(5-7-17)19-12-21(23(27)31)28-20-11-15(3-8-18(19)20)14-29-22(30)13-25(24(29)32)9-1-2-10-25;1-23(2)11-20(28)27(22(23)30)12-13-3-8-16-17(14-4-6-15(24)7-5-14)10-19(21(25)29)26-18(16)9-13;1-22(2)20(29)27(21(30)26-22)11-12-3-8-15-16(13-4-6-14(23)7-5-13)10-18(19(24)28)25-17(15)9-12;1-25-12-20(27)26(21(25)28)11-13-2-7-17-18(14-3-5-15(22)6-4-14)9-16(10-23)24-19(17)8-13;21-14-4-2-13(3-5-14)17-8-15(9-22)23-18-7-12(1-6-16(17)18)10-24-19(25)11-27-20(24)26/h3-8,11-12H,1-2,9-10,13-14H2,(H2,27,31);3-10H,11-12H2,1-2H3,(H2,25,29);3-10H,11H2,1-2H3,(H2,24,28)(H,26,30);2-9H,11-12H2,1H3;1-8H,10-11H2. The largest absolute Gasteiger partial charge is 0.439 e. The van der Waals surface area contributed by atoms with Gasteiger partial charge in [-0.1, -0.05) is 148 Å². The number of likely N-dealkylation sites (N-methyl/N-ethyl adjacent to an activating group) is 1. The van der Waals surface area contributed by atoms with Crippen molar-refractivity contribution >= 4 is 132 Å². The van der Waals surface area contributed by atoms with Crippen molar-refractivity contribution in [2.75, 3.05) is 20.2 Å². The van der Waals surface area contributed by atoms with E-state index in [1.54, 1.807) is 174 Å². The number of hydrogen-bond acceptors (Lipinski definition) is 21. The molecule has 736 valence electrons. The molecule has 5 aromatic heterocycles. The molecule has 0 bridgehead atoms. The van der Waals surface area contributed by atoms with Gasteiger partial charge in [0.15, 0.2) is 6.61 Å². The maximum absolute atomic E-state index is 13.4. The fourth-order valence-corrected chi connectivity index (χ4v) is 18.6. The second-order valence-corrected chi connectivity index (χ2v) is 37.3. The van der Waals surface area contributed by atoms with Crippen LogP contribution in [0.5, 0.6) is 0 Å². The van der Waals surface area contributed by atoms with Gasteiger partial charge in [-0.2, -0.15) is 10.5 Å². The normalized spacial score (nSPS) is 15.4. The number of hydrogen-bond donors (Lipinski definition) is 4. The fraction of sp³-hybridized carbons (Fsp3) is 0.189. The molecule has 10 aromatic carbocycles. The molecule has 6 fully saturated rings. The number of amides is 15. The summed E-state index contributed by atoms with van der Waals surface area (Å²) in [7, 11) is 1.58. The number of likely N-dealkylation sites (tertiary alicyclic amines) is 2. The van der Waals surface area contributed by atoms with Gasteiger partial charge in [-0.3, -0.25) is 67.5 Å². The van der Waals surface area contributed by atoms with Crippen molar-refractivity contribution in [2.45, 2.75) is 104 Å². The van der Waals surface area contributed by atoms with Crippen LogP contribution in [0.25, 0.3) is 110 Å². The number of fused-ring (bicyclic) bond motifs is 5. The zero-order chi connectivity index (χ0) is 105. The minimum absolute atomic E-state index is 0.0649. The van der Waals surface area contributed by atoms with E-state index in [0.29, 0.717) is 72.1 Å². The van der Waals surface area contributed by atoms with Crippen LogP contribution in [0.3, 0.4) is 0 Å². The first-order chi connectivity index (χ1) is 70.2. The number of aromatic nitrogens is 5. The number of benzene rings is 10. The molecule has 147 heavy (non-hydrogen) atoms. The van der Waals surface area contributed by atoms with E-state index < -0.39 is 52.1 Å². The van der Waals surface area contributed by atoms with Gasteiger partial charge < -0.3 is 32.2 Å². The molecular weight excluding hydrogens is 1890 g/mol. The highest BCUT2D eigenvalue weighted by molar-refractivity contribution is 6.10. The van der Waals surface area contributed by atoms with Gasteiger partial charge in [0.05, 0.1) is 71.1 Å². The summed E-state index contributed by atoms with van der Waals surface area (Å²) >= 11 is 0. The van der Waals surface area contributed by atoms with Gasteiger partial charge in [-0.15, -0.1) is 0 Å². The number of carbonyl (C=O) groups excluding carboxylic acids is 13. The minimum atomic E-state index is -0.957. The summed E-state index contributed by atoms with van der Waals surface area (Å²) in [4.78, 5) is 187. The van der Waals surface area contributed by atoms with Gasteiger partial charge in [-0.05, 0) is 231 Å². The number of carbonyl (C=O) groups is 13. The number of primary amides is 3. The van der Waals surface area contributed by atoms with E-state index in [2.05, 4.69) is 30.2 Å². The molecule has 21 rings (SSSR count). The van der Waals surface area contributed by atoms with Crippen molar-refractivity contribution in [1.29, 1.82) is 10.5 Å². The van der Waals surface area contributed by atoms with Crippen LogP contribution < -0.4 is 22.5 Å². The van der Waals surface area contributed by atoms with Gasteiger partial charge >= 0.3 is 18.2 Å². The second-order valence-electron chi connectivity index (χ2n) is 37.3. The number of nitriles is 2. The summed E-state index contributed by atoms with van der Waals surface area (Å²) in [5.74, 6) is -5.43. The molecule has 15 amide bonds. The predicted molar refractivity (Wildman–Crippen MR) is 529 cm³/mol. The monoisotopic (exact) mass is 1980 g/mol. The van der Waals surface area contributed by atoms with E-state index >= 15 is 0 Å². The lowest BCUT2D eigenvalue weighted by Gasteiger charge is -2.21. The number of urea groups is 2. The van der Waals surface area contributed by atoms with Crippen molar-refractivity contribution in [2.24, 2.45) is 28.0 Å². The van der Waals surface area contributed by atoms with Crippen LogP contribution in [0.4, 0.5) is 36.3 Å². The summed E-state index contributed by atoms with van der Waals surface area (Å²) in [6.07, 6.45) is 3.30. The van der Waals surface area contributed by atoms with Gasteiger partial charge in [0.2, 0.25) is 23.6 Å². The topological polar surface area (TPSA) is 453 Å². The van der Waals surface area contributed by atoms with Gasteiger partial charge in [-0.25, -0.2) is 66.2 Å². The maximum atomic E-state index is 13.4. The Bertz CT molecular complexity index is 7930. The first-order valence-corrected chi connectivity index (χ1v) is 46.2. The Labute approximate surface area is 835 Å². The van der Waals surface area contributed by atoms with Crippen LogP contribution in [0.1, 0.15) is 137 Å². The quantitative estimate of drug-likeness (QED) is 0.0352. The molecule has 7 N–H and O–H groups in total. The molecule has 15 aromatic rings. The lowest BCUT2D eigenvalue weighted by Crippen LogP contribution is -2.40. The van der Waals surface area contributed by atoms with Gasteiger partial charge in [0.25, 0.3) is 35.4 Å². The average Bonchev–Trinajstić information content (AvgIpc) is 1.65. The Hall–Kier alpha value is -18.6. The smallest absolute Gasteiger partial charge is 0.417 e. The number of nitrogens with zero attached hydrogens (tertiary/aromatic N) is 13. The van der Waals surface area contributed by atoms with Crippen molar-refractivity contribution in [3.63, 3.8) is 0 Å². The van der Waals surface area contributed by atoms with Crippen molar-refractivity contribution in [3.05, 3.63) is 328 Å². The lowest BCUT2D eigenvalue weighted by molar-refractivity contribution is -0.143. The molecule has 31 nitrogen and oxygen atoms in total. The van der Waals surface area contributed by atoms with Crippen LogP contribution in [-0.2, 0) is 71.0 Å². The molecule has 0 atom stereocenters. The Morgan fingerprint density at radius 3 is 0.959 bits per heavy atom. The summed E-state index contributed by atoms with van der Waals surface area (Å²) < 4.78 is 71.3. The van der Waals surface area contributed by atoms with Crippen molar-refractivity contribution in [1.82, 2.24) is 59.6 Å². The molecule has 36 heteroatoms. The van der Waals surface area contributed by atoms with E-state index in [1.807, 2.05) is 54.6 Å². The highest BCUT2D eigenvalue weighted by Crippen LogP contribution is 2.48. The fourth-order valence-electron chi connectivity index (χ4n) is 18.6. The highest BCUT2D eigenvalue weighted by Gasteiger charge is 2.53. The Morgan fingerprint density at radius 1 is 0.367 bits per heavy atom. The third-order valence-electron chi connectivity index (χ3n) is 26.1. The Morgan fingerprint density at radius 2 is 0.673 bits per heavy atom. The molecule has 1 saturated carbocycles. The number of rotatable bonds is 18. The highest BCUT2D eigenvalue weighted by atomic mass is 19.1. The Kier molecular flexibility index (Phi) is 27.7. The van der Waals surface area contributed by atoms with Gasteiger partial charge in [0.1, 0.15) is 81.8 Å². The summed E-state index contributed by atoms with van der Waals surface area (Å²) in [6.45, 7) is 7.18. The first-order valence-electron chi connectivity index (χ1n) is 46.2. The molecule has 5 saturated heterocycles. The predicted octanol–water partition coefficient (Wildman–Crippen LogP) is 17.1. The molecule has 10 heterocycles. The zero-order valence-corrected chi connectivity index (χ0v) is 79.4. The lowest BCUT2D eigenvalue weighted by atomic mass is 9.84. The van der Waals surface area contributed by atoms with Crippen LogP contribution in [0.15, 0.2) is 243 Å². The number of cyclic esters (lactones) is 1. The SMILES string of the molecule is CC1(C)CC(=O)N(Cc2ccc3c(-c4ccc(F)cc4)cc(C(N)=O)nc3c2)C1=O.CC1(C)NC(=O)N(Cc2ccc3c(-c4ccc(F)cc4)cc(C(N)=O)nc3c2)C1=O.CN1CC(=O)N(Cc2ccc3c(-c4ccc(F)cc4)cc(C#N)nc3c2)C1=O.N#Cc1cc(-c2ccc(F)cc2)c2ccc(CN3C(=O)COC3=O)cc2n1.NC(=O)c1cc(-c2ccc(F)cc2)c2ccc(CN3C(=O)CC4(CCCC4)C3=O)cc2n1. The zero-order valence-electron chi connectivity index (χ0n) is 79.4. The number of halogens is 5. The molecule has 0 unspecified atom stereocenters. The van der Waals surface area contributed by atoms with Crippen LogP contribution >= 0.6 is 0 Å². The molecule has 0 radical (unpaired) electrons. The van der Waals surface area contributed by atoms with Crippen molar-refractivity contribution < 1.29 is 89.0 Å². The van der Waals surface area contributed by atoms with Gasteiger partial charge in [0, 0.05) is 46.8 Å². The van der Waals surface area contributed by atoms with E-state index in [-0.39, 0.29) is 158 Å². The number of ether oxygens (including phenoxy) is 1. The Balaban J connectivity index is 0.000000126. The number of imide groups is 5. The van der Waals surface area contributed by atoms with Crippen LogP contribution in [0, 0.1) is 62.6 Å². The number of nitrogens with two attached hydrogens (primary N) is 3. The first kappa shape index (κ1) is 99.9. The van der Waals surface area contributed by atoms with E-state index in [0.717, 1.165) is 101 Å². The summed E-state index contributed by atoms with van der Waals surface area (Å²) in [5, 5.41) is 25.1. The average molecular weight is 1980 g/mol. The van der Waals surface area contributed by atoms with E-state index in [4.69, 9.17) is 21.9 Å². The summed E-state index contributed by atoms with van der Waals surface area (Å²) in [5.41, 5.74) is 28.3. The molecule has 1 aliphatic carbocycles.